The standard InChI is InChI=1S/C10H13NO3/c1-8-4-6-11(9(12)7-8)5-2-3-10(13)14/h4,6-7H,2-3,5H2,1H3,(H,13,14). The molecular formula is C10H13NO3. The van der Waals surface area contributed by atoms with Gasteiger partial charge >= 0.3 is 5.97 Å². The minimum absolute atomic E-state index is 0.0737. The average molecular weight is 195 g/mol. The molecule has 0 aromatic carbocycles. The number of aromatic nitrogens is 1. The molecule has 0 bridgehead atoms. The van der Waals surface area contributed by atoms with E-state index in [1.807, 2.05) is 13.0 Å². The lowest BCUT2D eigenvalue weighted by Crippen LogP contribution is -2.19. The third kappa shape index (κ3) is 3.05. The van der Waals surface area contributed by atoms with Crippen molar-refractivity contribution in [1.82, 2.24) is 4.57 Å². The minimum Gasteiger partial charge on any atom is -0.481 e. The van der Waals surface area contributed by atoms with E-state index >= 15 is 0 Å². The fourth-order valence-corrected chi connectivity index (χ4v) is 1.19. The first-order valence-corrected chi connectivity index (χ1v) is 4.48. The summed E-state index contributed by atoms with van der Waals surface area (Å²) in [7, 11) is 0. The number of hydrogen-bond donors (Lipinski definition) is 1. The number of aliphatic carboxylic acids is 1. The van der Waals surface area contributed by atoms with Crippen LogP contribution in [0.1, 0.15) is 18.4 Å². The first kappa shape index (κ1) is 10.5. The molecule has 76 valence electrons. The molecule has 1 N–H and O–H groups in total. The van der Waals surface area contributed by atoms with E-state index < -0.39 is 5.97 Å². The van der Waals surface area contributed by atoms with Crippen LogP contribution in [0.5, 0.6) is 0 Å². The molecule has 0 saturated heterocycles. The number of carbonyl (C=O) groups is 1. The molecule has 1 heterocycles. The molecular weight excluding hydrogens is 182 g/mol. The number of carboxylic acids is 1. The van der Waals surface area contributed by atoms with E-state index in [9.17, 15) is 9.59 Å². The van der Waals surface area contributed by atoms with Gasteiger partial charge in [0.2, 0.25) is 0 Å². The van der Waals surface area contributed by atoms with E-state index in [4.69, 9.17) is 5.11 Å². The highest BCUT2D eigenvalue weighted by Gasteiger charge is 1.99. The SMILES string of the molecule is Cc1ccn(CCCC(=O)O)c(=O)c1. The van der Waals surface area contributed by atoms with Crippen molar-refractivity contribution in [2.45, 2.75) is 26.3 Å². The zero-order valence-corrected chi connectivity index (χ0v) is 8.06. The van der Waals surface area contributed by atoms with Crippen LogP contribution < -0.4 is 5.56 Å². The van der Waals surface area contributed by atoms with Gasteiger partial charge in [-0.2, -0.15) is 0 Å². The summed E-state index contributed by atoms with van der Waals surface area (Å²) in [6.45, 7) is 2.31. The van der Waals surface area contributed by atoms with Crippen LogP contribution in [0, 0.1) is 6.92 Å². The van der Waals surface area contributed by atoms with E-state index in [-0.39, 0.29) is 12.0 Å². The predicted octanol–water partition coefficient (Wildman–Crippen LogP) is 1.02. The van der Waals surface area contributed by atoms with Crippen LogP contribution in [0.25, 0.3) is 0 Å². The fourth-order valence-electron chi connectivity index (χ4n) is 1.19. The van der Waals surface area contributed by atoms with Crippen LogP contribution in [0.3, 0.4) is 0 Å². The van der Waals surface area contributed by atoms with Crippen LogP contribution in [-0.2, 0) is 11.3 Å². The Morgan fingerprint density at radius 3 is 2.86 bits per heavy atom. The Kier molecular flexibility index (Phi) is 3.45. The topological polar surface area (TPSA) is 59.3 Å². The second-order valence-corrected chi connectivity index (χ2v) is 3.23. The van der Waals surface area contributed by atoms with Gasteiger partial charge in [0.1, 0.15) is 0 Å². The third-order valence-corrected chi connectivity index (χ3v) is 1.94. The third-order valence-electron chi connectivity index (χ3n) is 1.94. The largest absolute Gasteiger partial charge is 0.481 e. The highest BCUT2D eigenvalue weighted by atomic mass is 16.4. The lowest BCUT2D eigenvalue weighted by molar-refractivity contribution is -0.137. The molecule has 0 aliphatic rings. The molecule has 4 nitrogen and oxygen atoms in total. The second kappa shape index (κ2) is 4.60. The Morgan fingerprint density at radius 2 is 2.29 bits per heavy atom. The van der Waals surface area contributed by atoms with Crippen LogP contribution >= 0.6 is 0 Å². The molecule has 0 aliphatic heterocycles. The van der Waals surface area contributed by atoms with Gasteiger partial charge in [-0.25, -0.2) is 0 Å². The normalized spacial score (nSPS) is 10.1. The maximum absolute atomic E-state index is 11.3. The van der Waals surface area contributed by atoms with Gasteiger partial charge in [-0.15, -0.1) is 0 Å². The Hall–Kier alpha value is -1.58. The predicted molar refractivity (Wildman–Crippen MR) is 52.3 cm³/mol. The van der Waals surface area contributed by atoms with Crippen molar-refractivity contribution in [3.8, 4) is 0 Å². The number of aryl methyl sites for hydroxylation is 2. The summed E-state index contributed by atoms with van der Waals surface area (Å²) in [6, 6.07) is 3.38. The smallest absolute Gasteiger partial charge is 0.303 e. The van der Waals surface area contributed by atoms with Crippen LogP contribution in [-0.4, -0.2) is 15.6 Å². The summed E-state index contributed by atoms with van der Waals surface area (Å²) >= 11 is 0. The molecule has 1 aromatic rings. The van der Waals surface area contributed by atoms with E-state index in [1.165, 1.54) is 4.57 Å². The summed E-state index contributed by atoms with van der Waals surface area (Å²) in [5.74, 6) is -0.829. The first-order valence-electron chi connectivity index (χ1n) is 4.48. The van der Waals surface area contributed by atoms with Gasteiger partial charge in [0.25, 0.3) is 5.56 Å². The Balaban J connectivity index is 2.59. The van der Waals surface area contributed by atoms with Crippen molar-refractivity contribution in [3.05, 3.63) is 34.2 Å². The van der Waals surface area contributed by atoms with E-state index in [2.05, 4.69) is 0 Å². The number of pyridine rings is 1. The monoisotopic (exact) mass is 195 g/mol. The van der Waals surface area contributed by atoms with Crippen molar-refractivity contribution in [2.24, 2.45) is 0 Å². The van der Waals surface area contributed by atoms with E-state index in [0.29, 0.717) is 13.0 Å². The maximum Gasteiger partial charge on any atom is 0.303 e. The molecule has 0 atom stereocenters. The van der Waals surface area contributed by atoms with Gasteiger partial charge in [0.15, 0.2) is 0 Å². The van der Waals surface area contributed by atoms with Gasteiger partial charge in [-0.3, -0.25) is 9.59 Å². The van der Waals surface area contributed by atoms with Crippen LogP contribution in [0.15, 0.2) is 23.1 Å². The molecule has 0 amide bonds. The van der Waals surface area contributed by atoms with Crippen molar-refractivity contribution >= 4 is 5.97 Å². The maximum atomic E-state index is 11.3. The molecule has 0 spiro atoms. The van der Waals surface area contributed by atoms with Gasteiger partial charge < -0.3 is 9.67 Å². The van der Waals surface area contributed by atoms with Crippen molar-refractivity contribution in [2.75, 3.05) is 0 Å². The first-order chi connectivity index (χ1) is 6.59. The highest BCUT2D eigenvalue weighted by molar-refractivity contribution is 5.66. The van der Waals surface area contributed by atoms with E-state index in [1.54, 1.807) is 12.3 Å². The lowest BCUT2D eigenvalue weighted by atomic mass is 10.3. The molecule has 14 heavy (non-hydrogen) atoms. The average Bonchev–Trinajstić information content (AvgIpc) is 2.08. The molecule has 0 fully saturated rings. The van der Waals surface area contributed by atoms with Crippen molar-refractivity contribution in [3.63, 3.8) is 0 Å². The molecule has 1 aromatic heterocycles. The highest BCUT2D eigenvalue weighted by Crippen LogP contribution is 1.95. The Labute approximate surface area is 81.8 Å². The molecule has 1 rings (SSSR count). The second-order valence-electron chi connectivity index (χ2n) is 3.23. The molecule has 0 unspecified atom stereocenters. The Bertz CT molecular complexity index is 381. The van der Waals surface area contributed by atoms with Gasteiger partial charge in [-0.1, -0.05) is 0 Å². The van der Waals surface area contributed by atoms with Crippen molar-refractivity contribution < 1.29 is 9.90 Å². The molecule has 0 aliphatic carbocycles. The quantitative estimate of drug-likeness (QED) is 0.780. The number of nitrogens with zero attached hydrogens (tertiary/aromatic N) is 1. The van der Waals surface area contributed by atoms with Crippen LogP contribution in [0.2, 0.25) is 0 Å². The fraction of sp³-hybridized carbons (Fsp3) is 0.400. The molecule has 0 saturated carbocycles. The summed E-state index contributed by atoms with van der Waals surface area (Å²) < 4.78 is 1.52. The van der Waals surface area contributed by atoms with Gasteiger partial charge in [-0.05, 0) is 25.0 Å². The summed E-state index contributed by atoms with van der Waals surface area (Å²) in [6.07, 6.45) is 2.28. The number of rotatable bonds is 4. The molecule has 0 radical (unpaired) electrons. The number of carboxylic acid groups (broad SMARTS) is 1. The molecule has 4 heteroatoms. The number of hydrogen-bond acceptors (Lipinski definition) is 2. The van der Waals surface area contributed by atoms with Crippen LogP contribution in [0.4, 0.5) is 0 Å². The zero-order chi connectivity index (χ0) is 10.6. The lowest BCUT2D eigenvalue weighted by Gasteiger charge is -2.03. The van der Waals surface area contributed by atoms with Gasteiger partial charge in [0.05, 0.1) is 0 Å². The van der Waals surface area contributed by atoms with Gasteiger partial charge in [0, 0.05) is 25.2 Å². The zero-order valence-electron chi connectivity index (χ0n) is 8.06. The Morgan fingerprint density at radius 1 is 1.57 bits per heavy atom. The summed E-state index contributed by atoms with van der Waals surface area (Å²) in [5.41, 5.74) is 0.847. The summed E-state index contributed by atoms with van der Waals surface area (Å²) in [4.78, 5) is 21.6. The minimum atomic E-state index is -0.829. The van der Waals surface area contributed by atoms with Crippen molar-refractivity contribution in [1.29, 1.82) is 0 Å². The van der Waals surface area contributed by atoms with E-state index in [0.717, 1.165) is 5.56 Å². The summed E-state index contributed by atoms with van der Waals surface area (Å²) in [5, 5.41) is 8.42.